The minimum absolute atomic E-state index is 0. The molecule has 0 spiro atoms. The average molecular weight is 732 g/mol. The van der Waals surface area contributed by atoms with Gasteiger partial charge in [-0.1, -0.05) is 30.3 Å². The Balaban J connectivity index is 0.000000170. The molecule has 180 valence electrons. The van der Waals surface area contributed by atoms with Crippen LogP contribution < -0.4 is 9.72 Å². The zero-order valence-corrected chi connectivity index (χ0v) is 24.8. The van der Waals surface area contributed by atoms with E-state index in [2.05, 4.69) is 38.1 Å². The molecule has 0 aliphatic carbocycles. The zero-order valence-electron chi connectivity index (χ0n) is 19.6. The van der Waals surface area contributed by atoms with Gasteiger partial charge in [0.25, 0.3) is 0 Å². The fraction of sp³-hybridized carbons (Fsp3) is 0.0333. The molecule has 37 heavy (non-hydrogen) atoms. The Bertz CT molecular complexity index is 1570. The number of hydrogen-bond donors (Lipinski definition) is 0. The molecular formula is C30H18IrN4OY-4. The molecule has 5 nitrogen and oxygen atoms in total. The minimum Gasteiger partial charge on any atom is -0.508 e. The SMILES string of the molecule is [Ir].[Y].[c-]1ccccc1-c1[c-]c2c([c-]c1)-c1ncccc1OC2.c1ccc(-c2nc3ccccc3[n-]2)nc1. The summed E-state index contributed by atoms with van der Waals surface area (Å²) in [7, 11) is 0. The number of nitrogens with zero attached hydrogens (tertiary/aromatic N) is 4. The van der Waals surface area contributed by atoms with Crippen LogP contribution >= 0.6 is 0 Å². The molecule has 0 bridgehead atoms. The Morgan fingerprint density at radius 1 is 0.811 bits per heavy atom. The maximum Gasteiger partial charge on any atom is 0.0937 e. The van der Waals surface area contributed by atoms with Gasteiger partial charge in [0.1, 0.15) is 0 Å². The van der Waals surface area contributed by atoms with Crippen LogP contribution in [-0.2, 0) is 59.4 Å². The molecule has 0 fully saturated rings. The first-order valence-corrected chi connectivity index (χ1v) is 11.2. The van der Waals surface area contributed by atoms with Crippen molar-refractivity contribution in [3.8, 4) is 39.7 Å². The van der Waals surface area contributed by atoms with Gasteiger partial charge < -0.3 is 19.7 Å². The number of pyridine rings is 2. The van der Waals surface area contributed by atoms with Crippen molar-refractivity contribution in [1.29, 1.82) is 0 Å². The molecule has 0 saturated heterocycles. The van der Waals surface area contributed by atoms with Crippen LogP contribution in [0.3, 0.4) is 0 Å². The first-order valence-electron chi connectivity index (χ1n) is 11.2. The van der Waals surface area contributed by atoms with Crippen molar-refractivity contribution in [2.75, 3.05) is 0 Å². The summed E-state index contributed by atoms with van der Waals surface area (Å²) in [5.74, 6) is 1.50. The van der Waals surface area contributed by atoms with Crippen LogP contribution in [0.2, 0.25) is 0 Å². The quantitative estimate of drug-likeness (QED) is 0.206. The van der Waals surface area contributed by atoms with Gasteiger partial charge in [0.2, 0.25) is 0 Å². The third-order valence-corrected chi connectivity index (χ3v) is 5.56. The molecule has 7 heteroatoms. The predicted molar refractivity (Wildman–Crippen MR) is 134 cm³/mol. The second-order valence-corrected chi connectivity index (χ2v) is 7.85. The van der Waals surface area contributed by atoms with Crippen molar-refractivity contribution in [1.82, 2.24) is 19.9 Å². The molecule has 3 aromatic carbocycles. The van der Waals surface area contributed by atoms with E-state index in [-0.39, 0.29) is 52.8 Å². The Morgan fingerprint density at radius 3 is 2.46 bits per heavy atom. The van der Waals surface area contributed by atoms with E-state index >= 15 is 0 Å². The van der Waals surface area contributed by atoms with Gasteiger partial charge in [-0.25, -0.2) is 29.3 Å². The van der Waals surface area contributed by atoms with Gasteiger partial charge in [0.05, 0.1) is 18.1 Å². The van der Waals surface area contributed by atoms with Crippen LogP contribution in [0.25, 0.3) is 44.9 Å². The van der Waals surface area contributed by atoms with Crippen molar-refractivity contribution in [2.24, 2.45) is 0 Å². The van der Waals surface area contributed by atoms with Crippen LogP contribution in [0.4, 0.5) is 0 Å². The van der Waals surface area contributed by atoms with Crippen molar-refractivity contribution >= 4 is 11.0 Å². The first kappa shape index (κ1) is 27.0. The summed E-state index contributed by atoms with van der Waals surface area (Å²) < 4.78 is 5.72. The van der Waals surface area contributed by atoms with Crippen molar-refractivity contribution < 1.29 is 57.6 Å². The number of aromatic nitrogens is 4. The molecule has 7 rings (SSSR count). The largest absolute Gasteiger partial charge is 0.508 e. The number of rotatable bonds is 2. The molecule has 1 aliphatic heterocycles. The number of fused-ring (bicyclic) bond motifs is 4. The van der Waals surface area contributed by atoms with Gasteiger partial charge in [-0.15, -0.1) is 6.07 Å². The van der Waals surface area contributed by atoms with E-state index in [1.54, 1.807) is 12.4 Å². The second kappa shape index (κ2) is 12.5. The smallest absolute Gasteiger partial charge is 0.0937 e. The summed E-state index contributed by atoms with van der Waals surface area (Å²) in [4.78, 5) is 17.4. The van der Waals surface area contributed by atoms with Crippen LogP contribution in [0.15, 0.2) is 97.3 Å². The van der Waals surface area contributed by atoms with Gasteiger partial charge in [-0.05, 0) is 46.8 Å². The van der Waals surface area contributed by atoms with E-state index in [4.69, 9.17) is 4.74 Å². The number of para-hydroxylation sites is 2. The average Bonchev–Trinajstić information content (AvgIpc) is 3.39. The summed E-state index contributed by atoms with van der Waals surface area (Å²) >= 11 is 0. The third kappa shape index (κ3) is 5.94. The molecule has 4 heterocycles. The number of ether oxygens (including phenoxy) is 1. The Kier molecular flexibility index (Phi) is 9.12. The molecule has 0 amide bonds. The molecule has 6 aromatic rings. The molecule has 2 radical (unpaired) electrons. The van der Waals surface area contributed by atoms with E-state index < -0.39 is 0 Å². The third-order valence-electron chi connectivity index (χ3n) is 5.56. The Labute approximate surface area is 254 Å². The normalized spacial score (nSPS) is 10.9. The summed E-state index contributed by atoms with van der Waals surface area (Å²) in [5, 5.41) is 0. The molecule has 0 N–H and O–H groups in total. The molecule has 0 saturated carbocycles. The zero-order chi connectivity index (χ0) is 23.5. The molecule has 0 atom stereocenters. The van der Waals surface area contributed by atoms with Crippen molar-refractivity contribution in [3.05, 3.63) is 121 Å². The van der Waals surface area contributed by atoms with Crippen LogP contribution in [-0.4, -0.2) is 15.0 Å². The van der Waals surface area contributed by atoms with Gasteiger partial charge >= 0.3 is 0 Å². The predicted octanol–water partition coefficient (Wildman–Crippen LogP) is 5.96. The van der Waals surface area contributed by atoms with Crippen LogP contribution in [0.1, 0.15) is 5.56 Å². The fourth-order valence-corrected chi connectivity index (χ4v) is 3.88. The van der Waals surface area contributed by atoms with E-state index in [1.165, 1.54) is 0 Å². The monoisotopic (exact) mass is 732 g/mol. The van der Waals surface area contributed by atoms with Gasteiger partial charge in [0.15, 0.2) is 0 Å². The van der Waals surface area contributed by atoms with Crippen LogP contribution in [0, 0.1) is 18.2 Å². The number of hydrogen-bond acceptors (Lipinski definition) is 4. The van der Waals surface area contributed by atoms with E-state index in [1.807, 2.05) is 84.9 Å². The standard InChI is InChI=1S/C18H10NO.C12H8N3.Ir.Y/c1-2-5-13(6-3-1)14-8-9-16-15(11-14)12-20-17-7-4-10-19-18(16)17;1-2-6-10-9(5-1)14-12(15-10)11-7-3-4-8-13-11;;/h1-5,7-8,10H,12H2;1-8H;;/q-3;-1;;. The summed E-state index contributed by atoms with van der Waals surface area (Å²) in [6.45, 7) is 0.505. The van der Waals surface area contributed by atoms with E-state index in [9.17, 15) is 0 Å². The molecule has 3 aromatic heterocycles. The maximum absolute atomic E-state index is 5.72. The van der Waals surface area contributed by atoms with Gasteiger partial charge in [-0.2, -0.15) is 35.4 Å². The van der Waals surface area contributed by atoms with Crippen molar-refractivity contribution in [3.63, 3.8) is 0 Å². The van der Waals surface area contributed by atoms with E-state index in [0.717, 1.165) is 50.4 Å². The topological polar surface area (TPSA) is 62.0 Å². The summed E-state index contributed by atoms with van der Waals surface area (Å²) in [6.07, 6.45) is 3.51. The fourth-order valence-electron chi connectivity index (χ4n) is 3.88. The van der Waals surface area contributed by atoms with Gasteiger partial charge in [-0.3, -0.25) is 4.98 Å². The number of imidazole rings is 1. The second-order valence-electron chi connectivity index (χ2n) is 7.85. The molecule has 0 unspecified atom stereocenters. The van der Waals surface area contributed by atoms with Crippen LogP contribution in [0.5, 0.6) is 5.75 Å². The van der Waals surface area contributed by atoms with Crippen molar-refractivity contribution in [2.45, 2.75) is 6.61 Å². The maximum atomic E-state index is 5.72. The first-order chi connectivity index (χ1) is 17.3. The van der Waals surface area contributed by atoms with E-state index in [0.29, 0.717) is 12.4 Å². The Hall–Kier alpha value is -3.02. The Morgan fingerprint density at radius 2 is 1.65 bits per heavy atom. The number of benzene rings is 3. The summed E-state index contributed by atoms with van der Waals surface area (Å²) in [6, 6.07) is 37.1. The van der Waals surface area contributed by atoms with Gasteiger partial charge in [0, 0.05) is 65.2 Å². The minimum atomic E-state index is 0. The molecule has 1 aliphatic rings. The summed E-state index contributed by atoms with van der Waals surface area (Å²) in [5.41, 5.74) is 7.45. The molecular weight excluding hydrogens is 713 g/mol.